The molecule has 2 rings (SSSR count). The third-order valence-corrected chi connectivity index (χ3v) is 5.10. The summed E-state index contributed by atoms with van der Waals surface area (Å²) in [6, 6.07) is 3.71. The molecule has 0 bridgehead atoms. The van der Waals surface area contributed by atoms with E-state index in [4.69, 9.17) is 31.0 Å². The number of nitrogens with zero attached hydrogens (tertiary/aromatic N) is 3. The van der Waals surface area contributed by atoms with E-state index in [1.807, 2.05) is 26.0 Å². The van der Waals surface area contributed by atoms with Crippen molar-refractivity contribution in [3.8, 4) is 5.75 Å². The van der Waals surface area contributed by atoms with Crippen LogP contribution in [0.15, 0.2) is 17.8 Å². The molecule has 1 amide bonds. The van der Waals surface area contributed by atoms with Crippen LogP contribution >= 0.6 is 0 Å². The van der Waals surface area contributed by atoms with E-state index in [1.165, 1.54) is 29.2 Å². The molecule has 1 aromatic heterocycles. The maximum Gasteiger partial charge on any atom is 0.409 e. The molecule has 0 saturated heterocycles. The third-order valence-electron chi connectivity index (χ3n) is 5.10. The van der Waals surface area contributed by atoms with Crippen LogP contribution in [0.2, 0.25) is 0 Å². The molecule has 10 heteroatoms. The number of rotatable bonds is 8. The molecule has 0 aromatic carbocycles. The number of hydrogen-bond acceptors (Lipinski definition) is 8. The smallest absolute Gasteiger partial charge is 0.409 e. The van der Waals surface area contributed by atoms with E-state index >= 15 is 0 Å². The van der Waals surface area contributed by atoms with Gasteiger partial charge in [0.15, 0.2) is 0 Å². The Morgan fingerprint density at radius 2 is 1.91 bits per heavy atom. The fraction of sp³-hybridized carbons (Fsp3) is 0.591. The first-order valence-electron chi connectivity index (χ1n) is 10.8. The predicted molar refractivity (Wildman–Crippen MR) is 122 cm³/mol. The van der Waals surface area contributed by atoms with Gasteiger partial charge in [0.05, 0.1) is 28.9 Å². The molecular weight excluding hydrogens is 414 g/mol. The van der Waals surface area contributed by atoms with Gasteiger partial charge in [0.1, 0.15) is 12.4 Å². The minimum Gasteiger partial charge on any atom is -0.489 e. The zero-order valence-electron chi connectivity index (χ0n) is 19.5. The molecule has 0 atom stereocenters. The summed E-state index contributed by atoms with van der Waals surface area (Å²) in [6.07, 6.45) is 6.57. The number of amides is 1. The van der Waals surface area contributed by atoms with E-state index in [2.05, 4.69) is 4.98 Å². The molecule has 180 valence electrons. The standard InChI is InChI=1S/C21H35N5O3.CH2O2/c1-5-13-25(3)21(27)28-14-18(26(4)23)20(22)17-11-12-19(15(2)24-17)29-16-9-7-6-8-10-16;2-1-3/h11-12,16H,5-10,13-14,22-23H2,1-4H3;1H,(H,2,3)/b20-18-;. The normalized spacial score (nSPS) is 14.4. The van der Waals surface area contributed by atoms with Gasteiger partial charge in [-0.05, 0) is 51.2 Å². The van der Waals surface area contributed by atoms with Gasteiger partial charge in [0.2, 0.25) is 0 Å². The molecule has 32 heavy (non-hydrogen) atoms. The van der Waals surface area contributed by atoms with Crippen LogP contribution in [0.3, 0.4) is 0 Å². The highest BCUT2D eigenvalue weighted by molar-refractivity contribution is 5.68. The minimum atomic E-state index is -0.417. The van der Waals surface area contributed by atoms with Gasteiger partial charge in [-0.1, -0.05) is 13.3 Å². The van der Waals surface area contributed by atoms with Gasteiger partial charge in [0, 0.05) is 20.6 Å². The monoisotopic (exact) mass is 451 g/mol. The largest absolute Gasteiger partial charge is 0.489 e. The number of hydrazine groups is 1. The Morgan fingerprint density at radius 3 is 2.44 bits per heavy atom. The van der Waals surface area contributed by atoms with Crippen molar-refractivity contribution in [1.82, 2.24) is 14.9 Å². The first-order valence-corrected chi connectivity index (χ1v) is 10.8. The molecule has 10 nitrogen and oxygen atoms in total. The average Bonchev–Trinajstić information content (AvgIpc) is 2.76. The lowest BCUT2D eigenvalue weighted by atomic mass is 9.98. The molecule has 0 unspecified atom stereocenters. The zero-order chi connectivity index (χ0) is 24.1. The van der Waals surface area contributed by atoms with Crippen LogP contribution < -0.4 is 16.3 Å². The molecule has 1 heterocycles. The van der Waals surface area contributed by atoms with Crippen molar-refractivity contribution < 1.29 is 24.2 Å². The lowest BCUT2D eigenvalue weighted by Gasteiger charge is -2.24. The molecule has 5 N–H and O–H groups in total. The second kappa shape index (κ2) is 14.1. The number of aryl methyl sites for hydroxylation is 1. The van der Waals surface area contributed by atoms with Crippen LogP contribution in [0, 0.1) is 6.92 Å². The van der Waals surface area contributed by atoms with Gasteiger partial charge >= 0.3 is 6.09 Å². The highest BCUT2D eigenvalue weighted by Gasteiger charge is 2.18. The Kier molecular flexibility index (Phi) is 11.9. The van der Waals surface area contributed by atoms with E-state index in [-0.39, 0.29) is 19.2 Å². The van der Waals surface area contributed by atoms with Crippen molar-refractivity contribution in [2.75, 3.05) is 27.2 Å². The Balaban J connectivity index is 0.00000161. The highest BCUT2D eigenvalue weighted by Crippen LogP contribution is 2.26. The number of aromatic nitrogens is 1. The molecule has 0 aliphatic heterocycles. The molecule has 0 spiro atoms. The van der Waals surface area contributed by atoms with E-state index in [9.17, 15) is 4.79 Å². The number of ether oxygens (including phenoxy) is 2. The second-order valence-electron chi connectivity index (χ2n) is 7.71. The summed E-state index contributed by atoms with van der Waals surface area (Å²) in [6.45, 7) is 4.23. The lowest BCUT2D eigenvalue weighted by Crippen LogP contribution is -2.34. The predicted octanol–water partition coefficient (Wildman–Crippen LogP) is 2.71. The van der Waals surface area contributed by atoms with E-state index < -0.39 is 6.09 Å². The molecule has 1 aliphatic carbocycles. The summed E-state index contributed by atoms with van der Waals surface area (Å²) in [7, 11) is 3.35. The van der Waals surface area contributed by atoms with Gasteiger partial charge in [-0.15, -0.1) is 0 Å². The highest BCUT2D eigenvalue weighted by atomic mass is 16.6. The summed E-state index contributed by atoms with van der Waals surface area (Å²) >= 11 is 0. The van der Waals surface area contributed by atoms with Crippen LogP contribution in [0.5, 0.6) is 5.75 Å². The Labute approximate surface area is 190 Å². The van der Waals surface area contributed by atoms with E-state index in [1.54, 1.807) is 14.1 Å². The van der Waals surface area contributed by atoms with Crippen molar-refractivity contribution in [3.63, 3.8) is 0 Å². The quantitative estimate of drug-likeness (QED) is 0.308. The molecular formula is C22H37N5O5. The van der Waals surface area contributed by atoms with Gasteiger partial charge in [-0.2, -0.15) is 0 Å². The van der Waals surface area contributed by atoms with Crippen LogP contribution in [0.4, 0.5) is 4.79 Å². The third kappa shape index (κ3) is 8.62. The SMILES string of the molecule is CCCN(C)C(=O)OC/C(=C(/N)c1ccc(OC2CCCCC2)c(C)n1)N(C)N.O=CO. The Hall–Kier alpha value is -3.01. The zero-order valence-corrected chi connectivity index (χ0v) is 19.5. The van der Waals surface area contributed by atoms with Crippen molar-refractivity contribution in [2.24, 2.45) is 11.6 Å². The fourth-order valence-corrected chi connectivity index (χ4v) is 3.37. The number of carbonyl (C=O) groups is 2. The average molecular weight is 452 g/mol. The second-order valence-corrected chi connectivity index (χ2v) is 7.71. The number of likely N-dealkylation sites (N-methyl/N-ethyl adjacent to an activating group) is 1. The number of carboxylic acid groups (broad SMARTS) is 1. The number of hydrogen-bond donors (Lipinski definition) is 3. The topological polar surface area (TPSA) is 144 Å². The Morgan fingerprint density at radius 1 is 1.28 bits per heavy atom. The van der Waals surface area contributed by atoms with Crippen LogP contribution in [0.1, 0.15) is 56.8 Å². The van der Waals surface area contributed by atoms with E-state index in [0.717, 1.165) is 30.7 Å². The van der Waals surface area contributed by atoms with Crippen molar-refractivity contribution in [3.05, 3.63) is 29.2 Å². The van der Waals surface area contributed by atoms with Crippen LogP contribution in [-0.2, 0) is 9.53 Å². The first-order chi connectivity index (χ1) is 15.2. The van der Waals surface area contributed by atoms with Crippen molar-refractivity contribution in [2.45, 2.75) is 58.5 Å². The Bertz CT molecular complexity index is 763. The van der Waals surface area contributed by atoms with Gasteiger partial charge in [-0.25, -0.2) is 15.6 Å². The summed E-state index contributed by atoms with van der Waals surface area (Å²) in [4.78, 5) is 26.5. The minimum absolute atomic E-state index is 0.0349. The summed E-state index contributed by atoms with van der Waals surface area (Å²) in [5.41, 5.74) is 8.51. The molecule has 1 saturated carbocycles. The van der Waals surface area contributed by atoms with Crippen LogP contribution in [0.25, 0.3) is 5.70 Å². The molecule has 1 aliphatic rings. The summed E-state index contributed by atoms with van der Waals surface area (Å²) in [5, 5.41) is 8.24. The van der Waals surface area contributed by atoms with E-state index in [0.29, 0.717) is 23.6 Å². The van der Waals surface area contributed by atoms with Crippen molar-refractivity contribution in [1.29, 1.82) is 0 Å². The molecule has 1 aromatic rings. The van der Waals surface area contributed by atoms with Gasteiger partial charge in [-0.3, -0.25) is 4.79 Å². The van der Waals surface area contributed by atoms with Gasteiger partial charge in [0.25, 0.3) is 6.47 Å². The summed E-state index contributed by atoms with van der Waals surface area (Å²) < 4.78 is 11.5. The number of carbonyl (C=O) groups excluding carboxylic acids is 1. The van der Waals surface area contributed by atoms with Gasteiger partial charge < -0.3 is 30.2 Å². The van der Waals surface area contributed by atoms with Crippen LogP contribution in [-0.4, -0.2) is 65.9 Å². The number of nitrogens with two attached hydrogens (primary N) is 2. The molecule has 1 fully saturated rings. The lowest BCUT2D eigenvalue weighted by molar-refractivity contribution is -0.122. The maximum absolute atomic E-state index is 12.1. The summed E-state index contributed by atoms with van der Waals surface area (Å²) in [5.74, 6) is 6.71. The van der Waals surface area contributed by atoms with Crippen molar-refractivity contribution >= 4 is 18.3 Å². The molecule has 0 radical (unpaired) electrons. The number of pyridine rings is 1. The fourth-order valence-electron chi connectivity index (χ4n) is 3.37. The first kappa shape index (κ1) is 27.0. The maximum atomic E-state index is 12.1.